The van der Waals surface area contributed by atoms with Crippen LogP contribution in [0.5, 0.6) is 0 Å². The minimum absolute atomic E-state index is 0.0514. The van der Waals surface area contributed by atoms with E-state index in [4.69, 9.17) is 4.42 Å². The zero-order valence-corrected chi connectivity index (χ0v) is 11.4. The van der Waals surface area contributed by atoms with E-state index in [1.54, 1.807) is 19.3 Å². The van der Waals surface area contributed by atoms with Gasteiger partial charge in [0.25, 0.3) is 0 Å². The Kier molecular flexibility index (Phi) is 3.67. The summed E-state index contributed by atoms with van der Waals surface area (Å²) in [5, 5.41) is 0. The van der Waals surface area contributed by atoms with E-state index in [1.807, 2.05) is 12.1 Å². The highest BCUT2D eigenvalue weighted by molar-refractivity contribution is 9.09. The number of furan rings is 1. The van der Waals surface area contributed by atoms with Gasteiger partial charge in [-0.1, -0.05) is 35.0 Å². The first-order valence-corrected chi connectivity index (χ1v) is 6.51. The zero-order chi connectivity index (χ0) is 12.4. The van der Waals surface area contributed by atoms with Gasteiger partial charge in [0.15, 0.2) is 0 Å². The summed E-state index contributed by atoms with van der Waals surface area (Å²) in [6, 6.07) is 7.12. The Labute approximate surface area is 109 Å². The first kappa shape index (κ1) is 12.4. The maximum atomic E-state index is 13.2. The summed E-state index contributed by atoms with van der Waals surface area (Å²) in [5.74, 6) is 0.796. The number of rotatable bonds is 3. The molecule has 0 N–H and O–H groups in total. The number of hydrogen-bond donors (Lipinski definition) is 0. The lowest BCUT2D eigenvalue weighted by Crippen LogP contribution is -1.96. The molecule has 0 radical (unpaired) electrons. The van der Waals surface area contributed by atoms with Crippen LogP contribution in [0.3, 0.4) is 0 Å². The van der Waals surface area contributed by atoms with E-state index < -0.39 is 0 Å². The van der Waals surface area contributed by atoms with Crippen molar-refractivity contribution in [3.05, 3.63) is 58.8 Å². The van der Waals surface area contributed by atoms with Crippen LogP contribution >= 0.6 is 15.9 Å². The normalized spacial score (nSPS) is 12.7. The van der Waals surface area contributed by atoms with Gasteiger partial charge in [-0.2, -0.15) is 0 Å². The molecular weight excluding hydrogens is 283 g/mol. The van der Waals surface area contributed by atoms with Gasteiger partial charge in [-0.15, -0.1) is 0 Å². The minimum atomic E-state index is -0.170. The minimum Gasteiger partial charge on any atom is -0.469 e. The molecule has 2 aromatic rings. The van der Waals surface area contributed by atoms with Crippen LogP contribution in [-0.4, -0.2) is 0 Å². The molecule has 0 saturated heterocycles. The molecule has 0 aliphatic carbocycles. The van der Waals surface area contributed by atoms with Crippen molar-refractivity contribution in [3.63, 3.8) is 0 Å². The van der Waals surface area contributed by atoms with Crippen LogP contribution in [0.25, 0.3) is 0 Å². The Morgan fingerprint density at radius 3 is 2.76 bits per heavy atom. The SMILES string of the molecule is CCc1occc1C(Br)c1ccc(F)c(C)c1. The van der Waals surface area contributed by atoms with Crippen molar-refractivity contribution in [1.29, 1.82) is 0 Å². The van der Waals surface area contributed by atoms with Crippen LogP contribution in [0.2, 0.25) is 0 Å². The molecule has 1 unspecified atom stereocenters. The monoisotopic (exact) mass is 296 g/mol. The summed E-state index contributed by atoms with van der Waals surface area (Å²) in [4.78, 5) is 0.0514. The van der Waals surface area contributed by atoms with Gasteiger partial charge in [0.05, 0.1) is 11.1 Å². The molecule has 0 saturated carbocycles. The average molecular weight is 297 g/mol. The van der Waals surface area contributed by atoms with Crippen LogP contribution < -0.4 is 0 Å². The Balaban J connectivity index is 2.36. The molecule has 17 heavy (non-hydrogen) atoms. The number of halogens is 2. The largest absolute Gasteiger partial charge is 0.469 e. The third kappa shape index (κ3) is 2.44. The third-order valence-corrected chi connectivity index (χ3v) is 3.87. The van der Waals surface area contributed by atoms with E-state index in [1.165, 1.54) is 6.07 Å². The summed E-state index contributed by atoms with van der Waals surface area (Å²) in [7, 11) is 0. The predicted octanol–water partition coefficient (Wildman–Crippen LogP) is 4.77. The first-order chi connectivity index (χ1) is 8.13. The Bertz CT molecular complexity index is 519. The van der Waals surface area contributed by atoms with Crippen molar-refractivity contribution in [2.75, 3.05) is 0 Å². The molecule has 1 aromatic heterocycles. The molecule has 0 aliphatic rings. The van der Waals surface area contributed by atoms with Gasteiger partial charge in [-0.25, -0.2) is 4.39 Å². The predicted molar refractivity (Wildman–Crippen MR) is 70.0 cm³/mol. The van der Waals surface area contributed by atoms with E-state index >= 15 is 0 Å². The summed E-state index contributed by atoms with van der Waals surface area (Å²) in [6.45, 7) is 3.83. The highest BCUT2D eigenvalue weighted by Crippen LogP contribution is 2.34. The molecule has 1 nitrogen and oxygen atoms in total. The van der Waals surface area contributed by atoms with Gasteiger partial charge in [0.2, 0.25) is 0 Å². The molecule has 1 heterocycles. The number of aryl methyl sites for hydroxylation is 2. The second kappa shape index (κ2) is 5.05. The fraction of sp³-hybridized carbons (Fsp3) is 0.286. The fourth-order valence-electron chi connectivity index (χ4n) is 1.87. The van der Waals surface area contributed by atoms with Crippen molar-refractivity contribution in [2.45, 2.75) is 25.1 Å². The lowest BCUT2D eigenvalue weighted by Gasteiger charge is -2.11. The Morgan fingerprint density at radius 2 is 2.12 bits per heavy atom. The van der Waals surface area contributed by atoms with E-state index in [-0.39, 0.29) is 10.6 Å². The van der Waals surface area contributed by atoms with Crippen molar-refractivity contribution in [3.8, 4) is 0 Å². The van der Waals surface area contributed by atoms with Gasteiger partial charge in [0.1, 0.15) is 11.6 Å². The van der Waals surface area contributed by atoms with Gasteiger partial charge >= 0.3 is 0 Å². The van der Waals surface area contributed by atoms with Crippen molar-refractivity contribution < 1.29 is 8.81 Å². The second-order valence-electron chi connectivity index (χ2n) is 4.02. The molecular formula is C14H14BrFO. The lowest BCUT2D eigenvalue weighted by atomic mass is 10.0. The number of alkyl halides is 1. The third-order valence-electron chi connectivity index (χ3n) is 2.85. The number of hydrogen-bond acceptors (Lipinski definition) is 1. The Hall–Kier alpha value is -1.09. The molecule has 0 amide bonds. The second-order valence-corrected chi connectivity index (χ2v) is 4.94. The van der Waals surface area contributed by atoms with Crippen molar-refractivity contribution >= 4 is 15.9 Å². The van der Waals surface area contributed by atoms with Gasteiger partial charge in [-0.05, 0) is 30.2 Å². The molecule has 1 aromatic carbocycles. The summed E-state index contributed by atoms with van der Waals surface area (Å²) < 4.78 is 18.6. The molecule has 0 spiro atoms. The molecule has 90 valence electrons. The number of benzene rings is 1. The van der Waals surface area contributed by atoms with Crippen molar-refractivity contribution in [1.82, 2.24) is 0 Å². The maximum Gasteiger partial charge on any atom is 0.126 e. The first-order valence-electron chi connectivity index (χ1n) is 5.60. The van der Waals surface area contributed by atoms with E-state index in [9.17, 15) is 4.39 Å². The smallest absolute Gasteiger partial charge is 0.126 e. The topological polar surface area (TPSA) is 13.1 Å². The highest BCUT2D eigenvalue weighted by Gasteiger charge is 2.16. The van der Waals surface area contributed by atoms with Crippen LogP contribution in [0.1, 0.15) is 34.2 Å². The van der Waals surface area contributed by atoms with E-state index in [0.29, 0.717) is 5.56 Å². The van der Waals surface area contributed by atoms with Crippen LogP contribution in [0.15, 0.2) is 34.9 Å². The van der Waals surface area contributed by atoms with Gasteiger partial charge in [0, 0.05) is 12.0 Å². The molecule has 3 heteroatoms. The quantitative estimate of drug-likeness (QED) is 0.743. The van der Waals surface area contributed by atoms with Crippen LogP contribution in [0, 0.1) is 12.7 Å². The highest BCUT2D eigenvalue weighted by atomic mass is 79.9. The lowest BCUT2D eigenvalue weighted by molar-refractivity contribution is 0.512. The molecule has 0 aliphatic heterocycles. The van der Waals surface area contributed by atoms with Gasteiger partial charge in [-0.3, -0.25) is 0 Å². The van der Waals surface area contributed by atoms with Crippen LogP contribution in [0.4, 0.5) is 4.39 Å². The summed E-state index contributed by atoms with van der Waals surface area (Å²) in [6.07, 6.45) is 2.55. The van der Waals surface area contributed by atoms with Crippen molar-refractivity contribution in [2.24, 2.45) is 0 Å². The zero-order valence-electron chi connectivity index (χ0n) is 9.84. The fourth-order valence-corrected chi connectivity index (χ4v) is 2.56. The molecule has 0 fully saturated rings. The van der Waals surface area contributed by atoms with Gasteiger partial charge < -0.3 is 4.42 Å². The Morgan fingerprint density at radius 1 is 1.35 bits per heavy atom. The molecule has 2 rings (SSSR count). The van der Waals surface area contributed by atoms with Crippen LogP contribution in [-0.2, 0) is 6.42 Å². The molecule has 1 atom stereocenters. The summed E-state index contributed by atoms with van der Waals surface area (Å²) >= 11 is 3.64. The molecule has 0 bridgehead atoms. The standard InChI is InChI=1S/C14H14BrFO/c1-3-13-11(6-7-17-13)14(15)10-4-5-12(16)9(2)8-10/h4-8,14H,3H2,1-2H3. The van der Waals surface area contributed by atoms with E-state index in [0.717, 1.165) is 23.3 Å². The van der Waals surface area contributed by atoms with E-state index in [2.05, 4.69) is 22.9 Å². The maximum absolute atomic E-state index is 13.2. The average Bonchev–Trinajstić information content (AvgIpc) is 2.80. The summed E-state index contributed by atoms with van der Waals surface area (Å²) in [5.41, 5.74) is 2.81.